The van der Waals surface area contributed by atoms with Gasteiger partial charge in [0.15, 0.2) is 0 Å². The number of nitrogens with zero attached hydrogens (tertiary/aromatic N) is 1. The van der Waals surface area contributed by atoms with Crippen molar-refractivity contribution < 1.29 is 24.2 Å². The number of carbonyl (C=O) groups excluding carboxylic acids is 1. The van der Waals surface area contributed by atoms with E-state index < -0.39 is 18.0 Å². The summed E-state index contributed by atoms with van der Waals surface area (Å²) in [6, 6.07) is 19.8. The normalized spacial score (nSPS) is 11.4. The third-order valence-corrected chi connectivity index (χ3v) is 6.04. The first-order valence-corrected chi connectivity index (χ1v) is 12.0. The number of carboxylic acid groups (broad SMARTS) is 1. The number of rotatable bonds is 12. The number of ether oxygens (including phenoxy) is 2. The van der Waals surface area contributed by atoms with Gasteiger partial charge in [0.05, 0.1) is 19.2 Å². The lowest BCUT2D eigenvalue weighted by atomic mass is 10.0. The molecule has 0 aliphatic carbocycles. The standard InChI is InChI=1S/C29H34N2O5/c1-5-31(27-15-10-20(2)18-21(27)3)16-17-36-23-13-11-22(12-14-23)19-26(29(34)35-4)30-25-9-7-6-8-24(25)28(32)33/h6-15,18,26,30H,5,16-17,19H2,1-4H3,(H,32,33). The monoisotopic (exact) mass is 490 g/mol. The van der Waals surface area contributed by atoms with Crippen molar-refractivity contribution in [1.82, 2.24) is 0 Å². The first-order valence-electron chi connectivity index (χ1n) is 12.0. The zero-order chi connectivity index (χ0) is 26.1. The lowest BCUT2D eigenvalue weighted by Crippen LogP contribution is -2.33. The van der Waals surface area contributed by atoms with E-state index in [1.165, 1.54) is 30.0 Å². The van der Waals surface area contributed by atoms with Gasteiger partial charge in [-0.25, -0.2) is 9.59 Å². The van der Waals surface area contributed by atoms with Gasteiger partial charge in [0.25, 0.3) is 0 Å². The molecule has 1 atom stereocenters. The smallest absolute Gasteiger partial charge is 0.337 e. The van der Waals surface area contributed by atoms with Crippen LogP contribution in [0.5, 0.6) is 5.75 Å². The molecular formula is C29H34N2O5. The number of aryl methyl sites for hydroxylation is 2. The highest BCUT2D eigenvalue weighted by molar-refractivity contribution is 5.95. The van der Waals surface area contributed by atoms with Crippen LogP contribution in [-0.4, -0.2) is 49.9 Å². The van der Waals surface area contributed by atoms with Gasteiger partial charge in [0.1, 0.15) is 18.4 Å². The first kappa shape index (κ1) is 26.6. The van der Waals surface area contributed by atoms with Crippen molar-refractivity contribution in [3.8, 4) is 5.75 Å². The largest absolute Gasteiger partial charge is 0.492 e. The lowest BCUT2D eigenvalue weighted by Gasteiger charge is -2.25. The molecular weight excluding hydrogens is 456 g/mol. The molecule has 0 fully saturated rings. The lowest BCUT2D eigenvalue weighted by molar-refractivity contribution is -0.141. The Kier molecular flexibility index (Phi) is 9.33. The molecule has 190 valence electrons. The summed E-state index contributed by atoms with van der Waals surface area (Å²) in [6.45, 7) is 8.55. The minimum Gasteiger partial charge on any atom is -0.492 e. The number of esters is 1. The Morgan fingerprint density at radius 2 is 1.75 bits per heavy atom. The number of benzene rings is 3. The number of aromatic carboxylic acids is 1. The van der Waals surface area contributed by atoms with Gasteiger partial charge >= 0.3 is 11.9 Å². The van der Waals surface area contributed by atoms with Crippen LogP contribution in [0.15, 0.2) is 66.7 Å². The van der Waals surface area contributed by atoms with E-state index in [2.05, 4.69) is 49.2 Å². The van der Waals surface area contributed by atoms with Gasteiger partial charge in [-0.1, -0.05) is 42.0 Å². The summed E-state index contributed by atoms with van der Waals surface area (Å²) in [5.74, 6) is -0.793. The maximum atomic E-state index is 12.4. The van der Waals surface area contributed by atoms with Crippen LogP contribution in [-0.2, 0) is 16.0 Å². The molecule has 0 aliphatic rings. The Morgan fingerprint density at radius 1 is 1.03 bits per heavy atom. The minimum atomic E-state index is -1.07. The van der Waals surface area contributed by atoms with E-state index in [1.807, 2.05) is 24.3 Å². The molecule has 1 unspecified atom stereocenters. The molecule has 0 aromatic heterocycles. The van der Waals surface area contributed by atoms with Crippen LogP contribution in [0.25, 0.3) is 0 Å². The van der Waals surface area contributed by atoms with Crippen LogP contribution >= 0.6 is 0 Å². The summed E-state index contributed by atoms with van der Waals surface area (Å²) in [5.41, 5.74) is 5.07. The fourth-order valence-corrected chi connectivity index (χ4v) is 4.16. The number of methoxy groups -OCH3 is 1. The highest BCUT2D eigenvalue weighted by Crippen LogP contribution is 2.22. The van der Waals surface area contributed by atoms with E-state index in [0.717, 1.165) is 24.4 Å². The van der Waals surface area contributed by atoms with Gasteiger partial charge in [0, 0.05) is 24.3 Å². The summed E-state index contributed by atoms with van der Waals surface area (Å²) >= 11 is 0. The van der Waals surface area contributed by atoms with Crippen molar-refractivity contribution in [3.63, 3.8) is 0 Å². The number of para-hydroxylation sites is 1. The van der Waals surface area contributed by atoms with Crippen LogP contribution < -0.4 is 15.0 Å². The predicted octanol–water partition coefficient (Wildman–Crippen LogP) is 5.10. The Balaban J connectivity index is 1.61. The molecule has 0 heterocycles. The van der Waals surface area contributed by atoms with Crippen LogP contribution in [0, 0.1) is 13.8 Å². The van der Waals surface area contributed by atoms with Gasteiger partial charge in [-0.2, -0.15) is 0 Å². The summed E-state index contributed by atoms with van der Waals surface area (Å²) in [5, 5.41) is 12.5. The van der Waals surface area contributed by atoms with Crippen molar-refractivity contribution in [1.29, 1.82) is 0 Å². The van der Waals surface area contributed by atoms with E-state index in [4.69, 9.17) is 9.47 Å². The number of carboxylic acids is 1. The molecule has 36 heavy (non-hydrogen) atoms. The number of carbonyl (C=O) groups is 2. The van der Waals surface area contributed by atoms with Gasteiger partial charge in [-0.15, -0.1) is 0 Å². The fraction of sp³-hybridized carbons (Fsp3) is 0.310. The van der Waals surface area contributed by atoms with Crippen molar-refractivity contribution in [2.24, 2.45) is 0 Å². The molecule has 2 N–H and O–H groups in total. The van der Waals surface area contributed by atoms with Crippen molar-refractivity contribution in [2.45, 2.75) is 33.2 Å². The second-order valence-electron chi connectivity index (χ2n) is 8.64. The third kappa shape index (κ3) is 7.01. The van der Waals surface area contributed by atoms with Crippen molar-refractivity contribution in [2.75, 3.05) is 37.0 Å². The molecule has 0 radical (unpaired) electrons. The SMILES string of the molecule is CCN(CCOc1ccc(CC(Nc2ccccc2C(=O)O)C(=O)OC)cc1)c1ccc(C)cc1C. The zero-order valence-corrected chi connectivity index (χ0v) is 21.3. The van der Waals surface area contributed by atoms with Gasteiger partial charge < -0.3 is 24.8 Å². The highest BCUT2D eigenvalue weighted by atomic mass is 16.5. The topological polar surface area (TPSA) is 88.1 Å². The van der Waals surface area contributed by atoms with E-state index in [9.17, 15) is 14.7 Å². The van der Waals surface area contributed by atoms with Gasteiger partial charge in [-0.05, 0) is 62.2 Å². The Morgan fingerprint density at radius 3 is 2.39 bits per heavy atom. The summed E-state index contributed by atoms with van der Waals surface area (Å²) in [7, 11) is 1.31. The Hall–Kier alpha value is -4.00. The number of likely N-dealkylation sites (N-methyl/N-ethyl adjacent to an activating group) is 1. The van der Waals surface area contributed by atoms with Crippen molar-refractivity contribution >= 4 is 23.3 Å². The van der Waals surface area contributed by atoms with E-state index in [-0.39, 0.29) is 5.56 Å². The molecule has 7 heteroatoms. The summed E-state index contributed by atoms with van der Waals surface area (Å²) < 4.78 is 10.9. The van der Waals surface area contributed by atoms with E-state index >= 15 is 0 Å². The first-order chi connectivity index (χ1) is 17.3. The third-order valence-electron chi connectivity index (χ3n) is 6.04. The maximum absolute atomic E-state index is 12.4. The number of nitrogens with one attached hydrogen (secondary N) is 1. The van der Waals surface area contributed by atoms with Crippen molar-refractivity contribution in [3.05, 3.63) is 89.0 Å². The molecule has 7 nitrogen and oxygen atoms in total. The maximum Gasteiger partial charge on any atom is 0.337 e. The second kappa shape index (κ2) is 12.6. The highest BCUT2D eigenvalue weighted by Gasteiger charge is 2.22. The number of hydrogen-bond donors (Lipinski definition) is 2. The summed E-state index contributed by atoms with van der Waals surface area (Å²) in [6.07, 6.45) is 0.331. The second-order valence-corrected chi connectivity index (χ2v) is 8.64. The van der Waals surface area contributed by atoms with Crippen LogP contribution in [0.3, 0.4) is 0 Å². The molecule has 0 amide bonds. The fourth-order valence-electron chi connectivity index (χ4n) is 4.16. The number of hydrogen-bond acceptors (Lipinski definition) is 6. The average Bonchev–Trinajstić information content (AvgIpc) is 2.87. The van der Waals surface area contributed by atoms with E-state index in [1.54, 1.807) is 18.2 Å². The molecule has 0 aliphatic heterocycles. The quantitative estimate of drug-likeness (QED) is 0.341. The number of anilines is 2. The zero-order valence-electron chi connectivity index (χ0n) is 21.3. The van der Waals surface area contributed by atoms with Gasteiger partial charge in [0.2, 0.25) is 0 Å². The van der Waals surface area contributed by atoms with Crippen LogP contribution in [0.1, 0.15) is 34.0 Å². The molecule has 3 rings (SSSR count). The van der Waals surface area contributed by atoms with Gasteiger partial charge in [-0.3, -0.25) is 0 Å². The Labute approximate surface area is 212 Å². The molecule has 3 aromatic rings. The molecule has 0 saturated heterocycles. The predicted molar refractivity (Wildman–Crippen MR) is 142 cm³/mol. The molecule has 0 saturated carbocycles. The molecule has 0 bridgehead atoms. The Bertz CT molecular complexity index is 1180. The average molecular weight is 491 g/mol. The summed E-state index contributed by atoms with van der Waals surface area (Å²) in [4.78, 5) is 26.2. The minimum absolute atomic E-state index is 0.0945. The van der Waals surface area contributed by atoms with Crippen LogP contribution in [0.4, 0.5) is 11.4 Å². The van der Waals surface area contributed by atoms with E-state index in [0.29, 0.717) is 18.7 Å². The molecule has 3 aromatic carbocycles. The molecule has 0 spiro atoms. The van der Waals surface area contributed by atoms with Crippen LogP contribution in [0.2, 0.25) is 0 Å².